The Balaban J connectivity index is 1.64. The van der Waals surface area contributed by atoms with Crippen molar-refractivity contribution >= 4 is 10.0 Å². The normalized spacial score (nSPS) is 40.9. The van der Waals surface area contributed by atoms with Crippen LogP contribution >= 0.6 is 0 Å². The molecular weight excluding hydrogens is 226 g/mol. The number of hydrogen-bond donors (Lipinski definition) is 1. The zero-order chi connectivity index (χ0) is 11.4. The van der Waals surface area contributed by atoms with Crippen molar-refractivity contribution in [2.45, 2.75) is 55.9 Å². The minimum atomic E-state index is -3.10. The molecule has 0 aromatic rings. The lowest BCUT2D eigenvalue weighted by Crippen LogP contribution is -2.59. The lowest BCUT2D eigenvalue weighted by molar-refractivity contribution is -0.0980. The molecular formula is C11H19NO3S. The van der Waals surface area contributed by atoms with Gasteiger partial charge in [-0.2, -0.15) is 0 Å². The van der Waals surface area contributed by atoms with Crippen molar-refractivity contribution in [2.75, 3.05) is 6.61 Å². The van der Waals surface area contributed by atoms with Gasteiger partial charge in [0.15, 0.2) is 0 Å². The first-order valence-corrected chi connectivity index (χ1v) is 7.64. The molecule has 16 heavy (non-hydrogen) atoms. The molecule has 0 bridgehead atoms. The summed E-state index contributed by atoms with van der Waals surface area (Å²) >= 11 is 0. The summed E-state index contributed by atoms with van der Waals surface area (Å²) in [6, 6.07) is 0.132. The molecule has 0 amide bonds. The van der Waals surface area contributed by atoms with E-state index in [1.807, 2.05) is 6.92 Å². The van der Waals surface area contributed by atoms with E-state index in [1.165, 1.54) is 0 Å². The fraction of sp³-hybridized carbons (Fsp3) is 1.00. The highest BCUT2D eigenvalue weighted by atomic mass is 32.2. The van der Waals surface area contributed by atoms with E-state index in [0.717, 1.165) is 38.7 Å². The van der Waals surface area contributed by atoms with E-state index in [4.69, 9.17) is 4.74 Å². The van der Waals surface area contributed by atoms with Crippen molar-refractivity contribution < 1.29 is 13.2 Å². The molecule has 3 rings (SSSR count). The zero-order valence-corrected chi connectivity index (χ0v) is 10.4. The van der Waals surface area contributed by atoms with Crippen molar-refractivity contribution in [3.63, 3.8) is 0 Å². The Hall–Kier alpha value is -0.130. The van der Waals surface area contributed by atoms with Crippen molar-refractivity contribution in [1.29, 1.82) is 0 Å². The third-order valence-corrected chi connectivity index (χ3v) is 6.72. The van der Waals surface area contributed by atoms with E-state index in [9.17, 15) is 8.42 Å². The highest BCUT2D eigenvalue weighted by Crippen LogP contribution is 2.44. The first kappa shape index (κ1) is 11.0. The van der Waals surface area contributed by atoms with Crippen LogP contribution in [0.25, 0.3) is 0 Å². The van der Waals surface area contributed by atoms with Gasteiger partial charge in [-0.1, -0.05) is 0 Å². The molecule has 3 aliphatic rings. The smallest absolute Gasteiger partial charge is 0.217 e. The fourth-order valence-corrected chi connectivity index (χ4v) is 4.31. The highest BCUT2D eigenvalue weighted by Gasteiger charge is 2.53. The van der Waals surface area contributed by atoms with Gasteiger partial charge in [-0.25, -0.2) is 13.1 Å². The molecule has 92 valence electrons. The summed E-state index contributed by atoms with van der Waals surface area (Å²) in [7, 11) is -3.10. The molecule has 2 saturated carbocycles. The quantitative estimate of drug-likeness (QED) is 0.808. The molecule has 3 unspecified atom stereocenters. The van der Waals surface area contributed by atoms with Crippen LogP contribution in [0, 0.1) is 5.92 Å². The van der Waals surface area contributed by atoms with Gasteiger partial charge in [0.05, 0.1) is 10.9 Å². The second kappa shape index (κ2) is 3.43. The molecule has 2 aliphatic carbocycles. The summed E-state index contributed by atoms with van der Waals surface area (Å²) in [5.74, 6) is 0.422. The molecule has 4 nitrogen and oxygen atoms in total. The Morgan fingerprint density at radius 3 is 2.75 bits per heavy atom. The number of ether oxygens (including phenoxy) is 1. The zero-order valence-electron chi connectivity index (χ0n) is 9.61. The Kier molecular flexibility index (Phi) is 2.36. The Bertz CT molecular complexity index is 388. The average Bonchev–Trinajstić information content (AvgIpc) is 2.95. The predicted molar refractivity (Wildman–Crippen MR) is 60.6 cm³/mol. The van der Waals surface area contributed by atoms with Gasteiger partial charge in [0.1, 0.15) is 0 Å². The molecule has 0 aromatic heterocycles. The van der Waals surface area contributed by atoms with Crippen LogP contribution in [0.5, 0.6) is 0 Å². The third kappa shape index (κ3) is 1.60. The van der Waals surface area contributed by atoms with E-state index in [1.54, 1.807) is 0 Å². The maximum Gasteiger partial charge on any atom is 0.217 e. The molecule has 1 N–H and O–H groups in total. The molecule has 1 aliphatic heterocycles. The van der Waals surface area contributed by atoms with Gasteiger partial charge in [-0.3, -0.25) is 0 Å². The maximum atomic E-state index is 12.0. The molecule has 5 heteroatoms. The molecule has 3 atom stereocenters. The van der Waals surface area contributed by atoms with E-state index in [2.05, 4.69) is 4.72 Å². The summed E-state index contributed by atoms with van der Waals surface area (Å²) in [5.41, 5.74) is 0. The summed E-state index contributed by atoms with van der Waals surface area (Å²) in [4.78, 5) is 0. The Morgan fingerprint density at radius 1 is 1.38 bits per heavy atom. The first-order chi connectivity index (χ1) is 7.52. The van der Waals surface area contributed by atoms with Gasteiger partial charge in [-0.05, 0) is 39.0 Å². The Morgan fingerprint density at radius 2 is 2.12 bits per heavy atom. The number of fused-ring (bicyclic) bond motifs is 1. The van der Waals surface area contributed by atoms with Crippen molar-refractivity contribution in [2.24, 2.45) is 5.92 Å². The molecule has 1 heterocycles. The molecule has 0 aromatic carbocycles. The van der Waals surface area contributed by atoms with E-state index in [-0.39, 0.29) is 6.04 Å². The topological polar surface area (TPSA) is 55.4 Å². The largest absolute Gasteiger partial charge is 0.378 e. The van der Waals surface area contributed by atoms with Gasteiger partial charge < -0.3 is 4.74 Å². The van der Waals surface area contributed by atoms with Gasteiger partial charge >= 0.3 is 0 Å². The van der Waals surface area contributed by atoms with Crippen molar-refractivity contribution in [1.82, 2.24) is 4.72 Å². The second-order valence-corrected chi connectivity index (χ2v) is 7.86. The van der Waals surface area contributed by atoms with Crippen LogP contribution in [0.3, 0.4) is 0 Å². The predicted octanol–water partition coefficient (Wildman–Crippen LogP) is 1.03. The molecule has 0 radical (unpaired) electrons. The monoisotopic (exact) mass is 245 g/mol. The fourth-order valence-electron chi connectivity index (χ4n) is 2.72. The third-order valence-electron chi connectivity index (χ3n) is 4.40. The van der Waals surface area contributed by atoms with Crippen molar-refractivity contribution in [3.8, 4) is 0 Å². The van der Waals surface area contributed by atoms with Crippen molar-refractivity contribution in [3.05, 3.63) is 0 Å². The van der Waals surface area contributed by atoms with Crippen LogP contribution in [0.15, 0.2) is 0 Å². The second-order valence-electron chi connectivity index (χ2n) is 5.63. The van der Waals surface area contributed by atoms with Gasteiger partial charge in [0, 0.05) is 18.6 Å². The molecule has 0 spiro atoms. The van der Waals surface area contributed by atoms with Crippen LogP contribution in [-0.2, 0) is 14.8 Å². The lowest BCUT2D eigenvalue weighted by atomic mass is 9.73. The van der Waals surface area contributed by atoms with Crippen LogP contribution < -0.4 is 4.72 Å². The number of hydrogen-bond acceptors (Lipinski definition) is 3. The minimum Gasteiger partial charge on any atom is -0.378 e. The van der Waals surface area contributed by atoms with Crippen LogP contribution in [-0.4, -0.2) is 31.9 Å². The summed E-state index contributed by atoms with van der Waals surface area (Å²) in [6.45, 7) is 2.68. The SMILES string of the molecule is CC1(S(=O)(=O)NC2CC3OCCCC23)CC1. The van der Waals surface area contributed by atoms with Gasteiger partial charge in [0.2, 0.25) is 10.0 Å². The first-order valence-electron chi connectivity index (χ1n) is 6.15. The van der Waals surface area contributed by atoms with E-state index < -0.39 is 14.8 Å². The molecule has 3 fully saturated rings. The van der Waals surface area contributed by atoms with Crippen LogP contribution in [0.4, 0.5) is 0 Å². The Labute approximate surface area is 96.8 Å². The van der Waals surface area contributed by atoms with Gasteiger partial charge in [-0.15, -0.1) is 0 Å². The van der Waals surface area contributed by atoms with Crippen LogP contribution in [0.1, 0.15) is 39.0 Å². The number of nitrogens with one attached hydrogen (secondary N) is 1. The number of sulfonamides is 1. The summed E-state index contributed by atoms with van der Waals surface area (Å²) < 4.78 is 32.1. The summed E-state index contributed by atoms with van der Waals surface area (Å²) in [6.07, 6.45) is 4.96. The van der Waals surface area contributed by atoms with Crippen LogP contribution in [0.2, 0.25) is 0 Å². The molecule has 1 saturated heterocycles. The minimum absolute atomic E-state index is 0.132. The number of rotatable bonds is 3. The van der Waals surface area contributed by atoms with Gasteiger partial charge in [0.25, 0.3) is 0 Å². The highest BCUT2D eigenvalue weighted by molar-refractivity contribution is 7.91. The standard InChI is InChI=1S/C11H19NO3S/c1-11(4-5-11)16(13,14)12-9-7-10-8(9)3-2-6-15-10/h8-10,12H,2-7H2,1H3. The van der Waals surface area contributed by atoms with E-state index in [0.29, 0.717) is 12.0 Å². The summed E-state index contributed by atoms with van der Waals surface area (Å²) in [5, 5.41) is 0. The average molecular weight is 245 g/mol. The maximum absolute atomic E-state index is 12.0. The lowest BCUT2D eigenvalue weighted by Gasteiger charge is -2.47. The van der Waals surface area contributed by atoms with E-state index >= 15 is 0 Å².